The van der Waals surface area contributed by atoms with E-state index in [9.17, 15) is 14.4 Å². The SMILES string of the molecule is Cc1c(Cl)cccc1NC(=O)CCC(=O)NNC(=O)c1ccc(Br)o1. The Morgan fingerprint density at radius 1 is 1.08 bits per heavy atom. The summed E-state index contributed by atoms with van der Waals surface area (Å²) in [5, 5.41) is 3.23. The van der Waals surface area contributed by atoms with Gasteiger partial charge in [0, 0.05) is 23.6 Å². The van der Waals surface area contributed by atoms with Gasteiger partial charge in [-0.2, -0.15) is 0 Å². The number of halogens is 2. The maximum absolute atomic E-state index is 11.9. The number of rotatable bonds is 5. The van der Waals surface area contributed by atoms with Crippen LogP contribution < -0.4 is 16.2 Å². The van der Waals surface area contributed by atoms with Crippen molar-refractivity contribution in [1.29, 1.82) is 0 Å². The van der Waals surface area contributed by atoms with Crippen molar-refractivity contribution in [3.63, 3.8) is 0 Å². The normalized spacial score (nSPS) is 10.2. The van der Waals surface area contributed by atoms with E-state index in [1.165, 1.54) is 6.07 Å². The van der Waals surface area contributed by atoms with E-state index in [1.54, 1.807) is 31.2 Å². The fraction of sp³-hybridized carbons (Fsp3) is 0.188. The molecular formula is C16H15BrClN3O4. The van der Waals surface area contributed by atoms with Crippen molar-refractivity contribution in [2.75, 3.05) is 5.32 Å². The highest BCUT2D eigenvalue weighted by atomic mass is 79.9. The zero-order valence-electron chi connectivity index (χ0n) is 13.2. The predicted octanol–water partition coefficient (Wildman–Crippen LogP) is 3.18. The molecular weight excluding hydrogens is 414 g/mol. The summed E-state index contributed by atoms with van der Waals surface area (Å²) in [5.41, 5.74) is 5.76. The molecule has 7 nitrogen and oxygen atoms in total. The summed E-state index contributed by atoms with van der Waals surface area (Å²) in [4.78, 5) is 35.3. The zero-order chi connectivity index (χ0) is 18.4. The number of hydrogen-bond acceptors (Lipinski definition) is 4. The molecule has 0 atom stereocenters. The molecule has 1 aromatic heterocycles. The molecule has 0 saturated carbocycles. The zero-order valence-corrected chi connectivity index (χ0v) is 15.5. The number of amides is 3. The van der Waals surface area contributed by atoms with Crippen LogP contribution in [-0.2, 0) is 9.59 Å². The smallest absolute Gasteiger partial charge is 0.305 e. The van der Waals surface area contributed by atoms with Gasteiger partial charge in [0.05, 0.1) is 0 Å². The number of furan rings is 1. The van der Waals surface area contributed by atoms with Crippen LogP contribution in [0.25, 0.3) is 0 Å². The first-order chi connectivity index (χ1) is 11.9. The van der Waals surface area contributed by atoms with E-state index < -0.39 is 11.8 Å². The van der Waals surface area contributed by atoms with E-state index in [1.807, 2.05) is 0 Å². The summed E-state index contributed by atoms with van der Waals surface area (Å²) in [6, 6.07) is 8.17. The summed E-state index contributed by atoms with van der Waals surface area (Å²) in [7, 11) is 0. The number of anilines is 1. The first-order valence-corrected chi connectivity index (χ1v) is 8.43. The van der Waals surface area contributed by atoms with E-state index in [0.717, 1.165) is 5.56 Å². The summed E-state index contributed by atoms with van der Waals surface area (Å²) in [6.07, 6.45) is -0.131. The quantitative estimate of drug-likeness (QED) is 0.637. The molecule has 1 heterocycles. The standard InChI is InChI=1S/C16H15BrClN3O4/c1-9-10(18)3-2-4-11(9)19-14(22)7-8-15(23)20-21-16(24)12-5-6-13(17)25-12/h2-6H,7-8H2,1H3,(H,19,22)(H,20,23)(H,21,24). The minimum absolute atomic E-state index is 0.0417. The maximum Gasteiger partial charge on any atom is 0.305 e. The number of benzene rings is 1. The van der Waals surface area contributed by atoms with Crippen LogP contribution >= 0.6 is 27.5 Å². The van der Waals surface area contributed by atoms with Gasteiger partial charge in [-0.05, 0) is 52.7 Å². The number of hydrogen-bond donors (Lipinski definition) is 3. The molecule has 0 aliphatic heterocycles. The second kappa shape index (κ2) is 8.68. The Bertz CT molecular complexity index is 806. The first kappa shape index (κ1) is 19.0. The molecule has 0 unspecified atom stereocenters. The fourth-order valence-electron chi connectivity index (χ4n) is 1.87. The Kier molecular flexibility index (Phi) is 6.60. The molecule has 25 heavy (non-hydrogen) atoms. The van der Waals surface area contributed by atoms with Crippen LogP contribution in [-0.4, -0.2) is 17.7 Å². The van der Waals surface area contributed by atoms with Crippen molar-refractivity contribution in [3.05, 3.63) is 51.3 Å². The largest absolute Gasteiger partial charge is 0.444 e. The van der Waals surface area contributed by atoms with Crippen molar-refractivity contribution in [3.8, 4) is 0 Å². The van der Waals surface area contributed by atoms with Gasteiger partial charge >= 0.3 is 5.91 Å². The van der Waals surface area contributed by atoms with Crippen LogP contribution in [0.1, 0.15) is 29.0 Å². The number of hydrazine groups is 1. The summed E-state index contributed by atoms with van der Waals surface area (Å²) < 4.78 is 5.44. The third kappa shape index (κ3) is 5.61. The van der Waals surface area contributed by atoms with E-state index in [4.69, 9.17) is 16.0 Å². The van der Waals surface area contributed by atoms with Gasteiger partial charge in [-0.1, -0.05) is 17.7 Å². The Morgan fingerprint density at radius 3 is 2.48 bits per heavy atom. The van der Waals surface area contributed by atoms with Crippen LogP contribution in [0.3, 0.4) is 0 Å². The number of carbonyl (C=O) groups is 3. The molecule has 2 rings (SSSR count). The summed E-state index contributed by atoms with van der Waals surface area (Å²) >= 11 is 9.05. The molecule has 9 heteroatoms. The average Bonchev–Trinajstić information content (AvgIpc) is 3.01. The van der Waals surface area contributed by atoms with Gasteiger partial charge < -0.3 is 9.73 Å². The molecule has 0 saturated heterocycles. The predicted molar refractivity (Wildman–Crippen MR) is 96.1 cm³/mol. The van der Waals surface area contributed by atoms with Gasteiger partial charge in [0.15, 0.2) is 10.4 Å². The van der Waals surface area contributed by atoms with Crippen LogP contribution in [0.4, 0.5) is 5.69 Å². The van der Waals surface area contributed by atoms with E-state index in [-0.39, 0.29) is 24.5 Å². The van der Waals surface area contributed by atoms with Crippen molar-refractivity contribution in [2.24, 2.45) is 0 Å². The average molecular weight is 429 g/mol. The monoisotopic (exact) mass is 427 g/mol. The molecule has 1 aromatic carbocycles. The van der Waals surface area contributed by atoms with Crippen LogP contribution in [0.2, 0.25) is 5.02 Å². The topological polar surface area (TPSA) is 100 Å². The second-order valence-electron chi connectivity index (χ2n) is 5.07. The number of carbonyl (C=O) groups excluding carboxylic acids is 3. The Balaban J connectivity index is 1.75. The Morgan fingerprint density at radius 2 is 1.80 bits per heavy atom. The molecule has 0 aliphatic carbocycles. The van der Waals surface area contributed by atoms with Gasteiger partial charge in [0.2, 0.25) is 11.8 Å². The molecule has 3 amide bonds. The molecule has 132 valence electrons. The maximum atomic E-state index is 11.9. The molecule has 0 aliphatic rings. The lowest BCUT2D eigenvalue weighted by Gasteiger charge is -2.09. The molecule has 3 N–H and O–H groups in total. The highest BCUT2D eigenvalue weighted by molar-refractivity contribution is 9.10. The second-order valence-corrected chi connectivity index (χ2v) is 6.26. The minimum Gasteiger partial charge on any atom is -0.444 e. The van der Waals surface area contributed by atoms with E-state index >= 15 is 0 Å². The molecule has 2 aromatic rings. The Hall–Kier alpha value is -2.32. The third-order valence-electron chi connectivity index (χ3n) is 3.23. The van der Waals surface area contributed by atoms with Crippen molar-refractivity contribution in [2.45, 2.75) is 19.8 Å². The third-order valence-corrected chi connectivity index (χ3v) is 4.07. The summed E-state index contributed by atoms with van der Waals surface area (Å²) in [5.74, 6) is -1.39. The van der Waals surface area contributed by atoms with Crippen molar-refractivity contribution < 1.29 is 18.8 Å². The lowest BCUT2D eigenvalue weighted by Crippen LogP contribution is -2.41. The highest BCUT2D eigenvalue weighted by Crippen LogP contribution is 2.23. The molecule has 0 bridgehead atoms. The van der Waals surface area contributed by atoms with Crippen LogP contribution in [0.15, 0.2) is 39.4 Å². The van der Waals surface area contributed by atoms with E-state index in [0.29, 0.717) is 15.4 Å². The van der Waals surface area contributed by atoms with Crippen LogP contribution in [0, 0.1) is 6.92 Å². The lowest BCUT2D eigenvalue weighted by atomic mass is 10.2. The molecule has 0 radical (unpaired) electrons. The fourth-order valence-corrected chi connectivity index (χ4v) is 2.35. The minimum atomic E-state index is -0.599. The molecule has 0 fully saturated rings. The van der Waals surface area contributed by atoms with Gasteiger partial charge in [-0.25, -0.2) is 0 Å². The molecule has 0 spiro atoms. The lowest BCUT2D eigenvalue weighted by molar-refractivity contribution is -0.124. The summed E-state index contributed by atoms with van der Waals surface area (Å²) in [6.45, 7) is 1.78. The van der Waals surface area contributed by atoms with E-state index in [2.05, 4.69) is 32.1 Å². The van der Waals surface area contributed by atoms with Gasteiger partial charge in [0.25, 0.3) is 0 Å². The van der Waals surface area contributed by atoms with Crippen LogP contribution in [0.5, 0.6) is 0 Å². The van der Waals surface area contributed by atoms with Crippen molar-refractivity contribution >= 4 is 50.9 Å². The van der Waals surface area contributed by atoms with Gasteiger partial charge in [0.1, 0.15) is 0 Å². The Labute approximate surface area is 157 Å². The van der Waals surface area contributed by atoms with Crippen molar-refractivity contribution in [1.82, 2.24) is 10.9 Å². The number of nitrogens with one attached hydrogen (secondary N) is 3. The first-order valence-electron chi connectivity index (χ1n) is 7.26. The van der Waals surface area contributed by atoms with Gasteiger partial charge in [-0.15, -0.1) is 0 Å². The highest BCUT2D eigenvalue weighted by Gasteiger charge is 2.13. The van der Waals surface area contributed by atoms with Gasteiger partial charge in [-0.3, -0.25) is 25.2 Å².